The van der Waals surface area contributed by atoms with E-state index in [9.17, 15) is 4.79 Å². The number of halogens is 2. The van der Waals surface area contributed by atoms with Crippen LogP contribution in [-0.4, -0.2) is 9.55 Å². The van der Waals surface area contributed by atoms with Gasteiger partial charge in [-0.25, -0.2) is 4.98 Å². The zero-order chi connectivity index (χ0) is 13.3. The number of aromatic nitrogens is 2. The standard InChI is InChI=1S/C12H11ClIN3O/c1-7-11(14)12(18)17(6-16-7)5-8-2-3-9(13)4-10(8)15/h2-4,6H,5,15H2,1H3. The highest BCUT2D eigenvalue weighted by molar-refractivity contribution is 14.1. The van der Waals surface area contributed by atoms with Gasteiger partial charge in [-0.3, -0.25) is 9.36 Å². The normalized spacial score (nSPS) is 10.6. The summed E-state index contributed by atoms with van der Waals surface area (Å²) < 4.78 is 2.16. The lowest BCUT2D eigenvalue weighted by Crippen LogP contribution is -2.24. The quantitative estimate of drug-likeness (QED) is 0.648. The van der Waals surface area contributed by atoms with Gasteiger partial charge in [0.25, 0.3) is 5.56 Å². The molecule has 0 saturated carbocycles. The van der Waals surface area contributed by atoms with E-state index in [1.807, 2.05) is 35.6 Å². The second-order valence-corrected chi connectivity index (χ2v) is 5.44. The SMILES string of the molecule is Cc1ncn(Cc2ccc(Cl)cc2N)c(=O)c1I. The molecule has 2 rings (SSSR count). The van der Waals surface area contributed by atoms with Gasteiger partial charge in [-0.2, -0.15) is 0 Å². The Labute approximate surface area is 123 Å². The molecule has 0 unspecified atom stereocenters. The van der Waals surface area contributed by atoms with E-state index in [1.165, 1.54) is 10.9 Å². The summed E-state index contributed by atoms with van der Waals surface area (Å²) in [6.45, 7) is 2.20. The van der Waals surface area contributed by atoms with Crippen molar-refractivity contribution >= 4 is 39.9 Å². The topological polar surface area (TPSA) is 60.9 Å². The van der Waals surface area contributed by atoms with Gasteiger partial charge in [0, 0.05) is 10.7 Å². The first kappa shape index (κ1) is 13.4. The number of nitrogen functional groups attached to an aromatic ring is 1. The van der Waals surface area contributed by atoms with Gasteiger partial charge < -0.3 is 5.73 Å². The first-order valence-electron chi connectivity index (χ1n) is 5.24. The molecule has 0 aliphatic heterocycles. The molecule has 0 fully saturated rings. The Bertz CT molecular complexity index is 654. The molecule has 0 aliphatic carbocycles. The van der Waals surface area contributed by atoms with Crippen LogP contribution in [0.4, 0.5) is 5.69 Å². The Morgan fingerprint density at radius 2 is 2.22 bits per heavy atom. The maximum absolute atomic E-state index is 12.0. The fraction of sp³-hybridized carbons (Fsp3) is 0.167. The number of nitrogens with two attached hydrogens (primary N) is 1. The molecule has 4 nitrogen and oxygen atoms in total. The number of anilines is 1. The van der Waals surface area contributed by atoms with Gasteiger partial charge in [-0.15, -0.1) is 0 Å². The van der Waals surface area contributed by atoms with E-state index in [-0.39, 0.29) is 5.56 Å². The van der Waals surface area contributed by atoms with Crippen LogP contribution in [0.2, 0.25) is 5.02 Å². The minimum atomic E-state index is -0.0579. The lowest BCUT2D eigenvalue weighted by molar-refractivity contribution is 0.725. The summed E-state index contributed by atoms with van der Waals surface area (Å²) in [4.78, 5) is 16.2. The predicted octanol–water partition coefficient (Wildman–Crippen LogP) is 2.44. The Morgan fingerprint density at radius 3 is 2.89 bits per heavy atom. The van der Waals surface area contributed by atoms with Crippen molar-refractivity contribution in [2.75, 3.05) is 5.73 Å². The lowest BCUT2D eigenvalue weighted by atomic mass is 10.2. The summed E-state index contributed by atoms with van der Waals surface area (Å²) >= 11 is 7.84. The third-order valence-electron chi connectivity index (χ3n) is 2.61. The Hall–Kier alpha value is -1.08. The second kappa shape index (κ2) is 5.27. The molecule has 0 amide bonds. The number of rotatable bonds is 2. The number of hydrogen-bond acceptors (Lipinski definition) is 3. The van der Waals surface area contributed by atoms with Crippen LogP contribution in [0.3, 0.4) is 0 Å². The third-order valence-corrected chi connectivity index (χ3v) is 4.08. The Balaban J connectivity index is 2.41. The minimum absolute atomic E-state index is 0.0579. The van der Waals surface area contributed by atoms with Crippen molar-refractivity contribution in [3.05, 3.63) is 54.7 Å². The van der Waals surface area contributed by atoms with Crippen LogP contribution < -0.4 is 11.3 Å². The number of benzene rings is 1. The van der Waals surface area contributed by atoms with E-state index in [0.717, 1.165) is 11.3 Å². The third kappa shape index (κ3) is 2.67. The van der Waals surface area contributed by atoms with Crippen molar-refractivity contribution in [1.82, 2.24) is 9.55 Å². The van der Waals surface area contributed by atoms with Crippen LogP contribution in [0.1, 0.15) is 11.3 Å². The summed E-state index contributed by atoms with van der Waals surface area (Å²) in [6, 6.07) is 5.25. The van der Waals surface area contributed by atoms with E-state index >= 15 is 0 Å². The van der Waals surface area contributed by atoms with Crippen molar-refractivity contribution in [2.45, 2.75) is 13.5 Å². The van der Waals surface area contributed by atoms with Gasteiger partial charge in [0.15, 0.2) is 0 Å². The van der Waals surface area contributed by atoms with Crippen LogP contribution in [0.5, 0.6) is 0 Å². The van der Waals surface area contributed by atoms with Crippen LogP contribution in [0.25, 0.3) is 0 Å². The molecule has 0 aliphatic rings. The monoisotopic (exact) mass is 375 g/mol. The van der Waals surface area contributed by atoms with Crippen molar-refractivity contribution in [1.29, 1.82) is 0 Å². The van der Waals surface area contributed by atoms with Crippen LogP contribution in [0.15, 0.2) is 29.3 Å². The van der Waals surface area contributed by atoms with Crippen LogP contribution >= 0.6 is 34.2 Å². The summed E-state index contributed by atoms with van der Waals surface area (Å²) in [6.07, 6.45) is 1.54. The highest BCUT2D eigenvalue weighted by atomic mass is 127. The fourth-order valence-electron chi connectivity index (χ4n) is 1.55. The Morgan fingerprint density at radius 1 is 1.50 bits per heavy atom. The summed E-state index contributed by atoms with van der Waals surface area (Å²) in [5.74, 6) is 0. The predicted molar refractivity (Wildman–Crippen MR) is 80.9 cm³/mol. The largest absolute Gasteiger partial charge is 0.398 e. The molecular formula is C12H11ClIN3O. The molecular weight excluding hydrogens is 365 g/mol. The van der Waals surface area contributed by atoms with Gasteiger partial charge in [0.1, 0.15) is 0 Å². The number of nitrogens with zero attached hydrogens (tertiary/aromatic N) is 2. The zero-order valence-electron chi connectivity index (χ0n) is 9.65. The molecule has 0 saturated heterocycles. The molecule has 1 aromatic carbocycles. The van der Waals surface area contributed by atoms with E-state index in [4.69, 9.17) is 17.3 Å². The fourth-order valence-corrected chi connectivity index (χ4v) is 2.18. The molecule has 94 valence electrons. The van der Waals surface area contributed by atoms with Crippen molar-refractivity contribution < 1.29 is 0 Å². The molecule has 0 atom stereocenters. The molecule has 1 aromatic heterocycles. The second-order valence-electron chi connectivity index (χ2n) is 3.92. The lowest BCUT2D eigenvalue weighted by Gasteiger charge is -2.09. The average Bonchev–Trinajstić information content (AvgIpc) is 2.33. The molecule has 1 heterocycles. The average molecular weight is 376 g/mol. The number of hydrogen-bond donors (Lipinski definition) is 1. The summed E-state index contributed by atoms with van der Waals surface area (Å²) in [5, 5.41) is 0.584. The molecule has 18 heavy (non-hydrogen) atoms. The summed E-state index contributed by atoms with van der Waals surface area (Å²) in [7, 11) is 0. The molecule has 2 aromatic rings. The van der Waals surface area contributed by atoms with E-state index in [1.54, 1.807) is 12.1 Å². The highest BCUT2D eigenvalue weighted by Gasteiger charge is 2.07. The molecule has 0 radical (unpaired) electrons. The van der Waals surface area contributed by atoms with Crippen molar-refractivity contribution in [2.24, 2.45) is 0 Å². The van der Waals surface area contributed by atoms with E-state index in [2.05, 4.69) is 4.98 Å². The molecule has 0 bridgehead atoms. The van der Waals surface area contributed by atoms with Gasteiger partial charge in [-0.05, 0) is 47.2 Å². The van der Waals surface area contributed by atoms with Crippen LogP contribution in [0, 0.1) is 10.5 Å². The minimum Gasteiger partial charge on any atom is -0.398 e. The number of aryl methyl sites for hydroxylation is 1. The summed E-state index contributed by atoms with van der Waals surface area (Å²) in [5.41, 5.74) is 7.97. The maximum Gasteiger partial charge on any atom is 0.267 e. The first-order valence-corrected chi connectivity index (χ1v) is 6.70. The van der Waals surface area contributed by atoms with E-state index in [0.29, 0.717) is 20.8 Å². The maximum atomic E-state index is 12.0. The molecule has 6 heteroatoms. The van der Waals surface area contributed by atoms with Crippen molar-refractivity contribution in [3.8, 4) is 0 Å². The van der Waals surface area contributed by atoms with Gasteiger partial charge in [0.2, 0.25) is 0 Å². The van der Waals surface area contributed by atoms with Gasteiger partial charge in [-0.1, -0.05) is 17.7 Å². The van der Waals surface area contributed by atoms with Crippen LogP contribution in [-0.2, 0) is 6.54 Å². The van der Waals surface area contributed by atoms with Crippen molar-refractivity contribution in [3.63, 3.8) is 0 Å². The smallest absolute Gasteiger partial charge is 0.267 e. The molecule has 2 N–H and O–H groups in total. The highest BCUT2D eigenvalue weighted by Crippen LogP contribution is 2.18. The molecule has 0 spiro atoms. The van der Waals surface area contributed by atoms with Gasteiger partial charge in [0.05, 0.1) is 22.1 Å². The van der Waals surface area contributed by atoms with Gasteiger partial charge >= 0.3 is 0 Å². The first-order chi connectivity index (χ1) is 8.49. The van der Waals surface area contributed by atoms with E-state index < -0.39 is 0 Å². The zero-order valence-corrected chi connectivity index (χ0v) is 12.6. The Kier molecular flexibility index (Phi) is 3.91.